The summed E-state index contributed by atoms with van der Waals surface area (Å²) in [5, 5.41) is 2.42. The average Bonchev–Trinajstić information content (AvgIpc) is 2.99. The van der Waals surface area contributed by atoms with E-state index >= 15 is 0 Å². The highest BCUT2D eigenvalue weighted by atomic mass is 35.5. The van der Waals surface area contributed by atoms with Gasteiger partial charge in [-0.2, -0.15) is 13.2 Å². The molecule has 3 aromatic carbocycles. The lowest BCUT2D eigenvalue weighted by Gasteiger charge is -2.33. The number of nitrogens with one attached hydrogen (secondary N) is 1. The van der Waals surface area contributed by atoms with Crippen molar-refractivity contribution in [3.05, 3.63) is 94.0 Å². The van der Waals surface area contributed by atoms with E-state index in [-0.39, 0.29) is 23.4 Å². The third kappa shape index (κ3) is 8.38. The number of sulfonamides is 1. The van der Waals surface area contributed by atoms with Crippen molar-refractivity contribution < 1.29 is 31.2 Å². The zero-order valence-electron chi connectivity index (χ0n) is 25.4. The van der Waals surface area contributed by atoms with Crippen LogP contribution in [0.1, 0.15) is 61.3 Å². The van der Waals surface area contributed by atoms with Gasteiger partial charge in [0.2, 0.25) is 11.8 Å². The van der Waals surface area contributed by atoms with Crippen molar-refractivity contribution in [2.75, 3.05) is 10.8 Å². The highest BCUT2D eigenvalue weighted by Crippen LogP contribution is 2.38. The van der Waals surface area contributed by atoms with Crippen LogP contribution in [0.4, 0.5) is 18.9 Å². The molecule has 0 aliphatic heterocycles. The molecule has 0 aromatic heterocycles. The molecular weight excluding hydrogens is 627 g/mol. The quantitative estimate of drug-likeness (QED) is 0.252. The Labute approximate surface area is 267 Å². The Hall–Kier alpha value is -3.57. The standard InChI is InChI=1S/C33H37ClF3N3O4S/c1-22-13-16-28(17-14-22)45(43,44)40(27-15-18-30(34)29(19-27)33(35,36)37)21-31(41)39(20-25-10-8-7-9-23(25)2)24(3)32(42)38-26-11-5-4-6-12-26/h7-10,13-19,24,26H,4-6,11-12,20-21H2,1-3H3,(H,38,42)/t24-/m1/s1. The molecule has 0 unspecified atom stereocenters. The van der Waals surface area contributed by atoms with Crippen molar-refractivity contribution in [2.24, 2.45) is 0 Å². The highest BCUT2D eigenvalue weighted by Gasteiger charge is 2.37. The maximum atomic E-state index is 14.2. The Bertz CT molecular complexity index is 1620. The van der Waals surface area contributed by atoms with Gasteiger partial charge in [-0.25, -0.2) is 8.42 Å². The number of benzene rings is 3. The van der Waals surface area contributed by atoms with Crippen molar-refractivity contribution in [1.82, 2.24) is 10.2 Å². The Balaban J connectivity index is 1.75. The van der Waals surface area contributed by atoms with Gasteiger partial charge < -0.3 is 10.2 Å². The molecule has 12 heteroatoms. The number of nitrogens with zero attached hydrogens (tertiary/aromatic N) is 2. The average molecular weight is 664 g/mol. The molecule has 0 spiro atoms. The first kappa shape index (κ1) is 34.3. The second-order valence-corrected chi connectivity index (χ2v) is 13.7. The number of anilines is 1. The van der Waals surface area contributed by atoms with E-state index in [2.05, 4.69) is 5.32 Å². The molecule has 7 nitrogen and oxygen atoms in total. The highest BCUT2D eigenvalue weighted by molar-refractivity contribution is 7.92. The molecule has 0 radical (unpaired) electrons. The number of rotatable bonds is 10. The van der Waals surface area contributed by atoms with Crippen LogP contribution >= 0.6 is 11.6 Å². The first-order valence-electron chi connectivity index (χ1n) is 14.8. The molecule has 0 saturated heterocycles. The van der Waals surface area contributed by atoms with E-state index in [4.69, 9.17) is 11.6 Å². The molecule has 3 aromatic rings. The van der Waals surface area contributed by atoms with E-state index in [1.807, 2.05) is 19.1 Å². The molecule has 242 valence electrons. The first-order valence-corrected chi connectivity index (χ1v) is 16.6. The van der Waals surface area contributed by atoms with Crippen molar-refractivity contribution >= 4 is 39.1 Å². The first-order chi connectivity index (χ1) is 21.2. The Morgan fingerprint density at radius 1 is 0.978 bits per heavy atom. The monoisotopic (exact) mass is 663 g/mol. The van der Waals surface area contributed by atoms with Crippen LogP contribution in [0.25, 0.3) is 0 Å². The lowest BCUT2D eigenvalue weighted by molar-refractivity contribution is -0.139. The number of halogens is 4. The molecule has 1 atom stereocenters. The zero-order chi connectivity index (χ0) is 32.9. The molecule has 1 aliphatic carbocycles. The zero-order valence-corrected chi connectivity index (χ0v) is 27.0. The normalized spacial score (nSPS) is 14.9. The molecule has 4 rings (SSSR count). The van der Waals surface area contributed by atoms with Gasteiger partial charge in [0.25, 0.3) is 10.0 Å². The summed E-state index contributed by atoms with van der Waals surface area (Å²) in [5.41, 5.74) is 0.726. The Morgan fingerprint density at radius 3 is 2.24 bits per heavy atom. The van der Waals surface area contributed by atoms with Crippen molar-refractivity contribution in [2.45, 2.75) is 82.6 Å². The Morgan fingerprint density at radius 2 is 1.62 bits per heavy atom. The number of hydrogen-bond donors (Lipinski definition) is 1. The van der Waals surface area contributed by atoms with Gasteiger partial charge in [0.15, 0.2) is 0 Å². The summed E-state index contributed by atoms with van der Waals surface area (Å²) in [6.45, 7) is 4.30. The molecule has 1 saturated carbocycles. The van der Waals surface area contributed by atoms with Crippen LogP contribution < -0.4 is 9.62 Å². The third-order valence-corrected chi connectivity index (χ3v) is 10.3. The number of carbonyl (C=O) groups is 2. The molecule has 1 N–H and O–H groups in total. The van der Waals surface area contributed by atoms with Crippen molar-refractivity contribution in [1.29, 1.82) is 0 Å². The van der Waals surface area contributed by atoms with E-state index in [9.17, 15) is 31.2 Å². The minimum absolute atomic E-state index is 0.0163. The molecular formula is C33H37ClF3N3O4S. The largest absolute Gasteiger partial charge is 0.417 e. The number of amides is 2. The second kappa shape index (κ2) is 14.2. The molecule has 1 fully saturated rings. The van der Waals surface area contributed by atoms with E-state index in [1.54, 1.807) is 38.1 Å². The predicted octanol–water partition coefficient (Wildman–Crippen LogP) is 7.04. The summed E-state index contributed by atoms with van der Waals surface area (Å²) in [5.74, 6) is -1.15. The predicted molar refractivity (Wildman–Crippen MR) is 168 cm³/mol. The van der Waals surface area contributed by atoms with Crippen LogP contribution in [0.3, 0.4) is 0 Å². The van der Waals surface area contributed by atoms with Crippen molar-refractivity contribution in [3.8, 4) is 0 Å². The van der Waals surface area contributed by atoms with Gasteiger partial charge in [-0.15, -0.1) is 0 Å². The fourth-order valence-electron chi connectivity index (χ4n) is 5.37. The summed E-state index contributed by atoms with van der Waals surface area (Å²) < 4.78 is 70.1. The Kier molecular flexibility index (Phi) is 10.9. The third-order valence-electron chi connectivity index (χ3n) is 8.15. The van der Waals surface area contributed by atoms with Gasteiger partial charge in [0.1, 0.15) is 12.6 Å². The topological polar surface area (TPSA) is 86.8 Å². The SMILES string of the molecule is Cc1ccc(S(=O)(=O)N(CC(=O)N(Cc2ccccc2C)[C@H](C)C(=O)NC2CCCCC2)c2ccc(Cl)c(C(F)(F)F)c2)cc1. The molecule has 45 heavy (non-hydrogen) atoms. The van der Waals surface area contributed by atoms with Gasteiger partial charge in [0, 0.05) is 12.6 Å². The van der Waals surface area contributed by atoms with Gasteiger partial charge in [-0.05, 0) is 75.1 Å². The van der Waals surface area contributed by atoms with Crippen LogP contribution in [0.15, 0.2) is 71.6 Å². The molecule has 1 aliphatic rings. The minimum atomic E-state index is -4.88. The van der Waals surface area contributed by atoms with Gasteiger partial charge in [-0.1, -0.05) is 72.8 Å². The van der Waals surface area contributed by atoms with Crippen LogP contribution in [0.5, 0.6) is 0 Å². The van der Waals surface area contributed by atoms with E-state index in [0.717, 1.165) is 60.9 Å². The lowest BCUT2D eigenvalue weighted by Crippen LogP contribution is -2.53. The fourth-order valence-corrected chi connectivity index (χ4v) is 7.00. The maximum absolute atomic E-state index is 14.2. The van der Waals surface area contributed by atoms with E-state index < -0.39 is 51.0 Å². The summed E-state index contributed by atoms with van der Waals surface area (Å²) in [7, 11) is -4.55. The summed E-state index contributed by atoms with van der Waals surface area (Å²) in [6, 6.07) is 14.7. The fraction of sp³-hybridized carbons (Fsp3) is 0.394. The van der Waals surface area contributed by atoms with E-state index in [1.165, 1.54) is 17.0 Å². The second-order valence-electron chi connectivity index (χ2n) is 11.5. The number of hydrogen-bond acceptors (Lipinski definition) is 4. The van der Waals surface area contributed by atoms with Crippen LogP contribution in [0.2, 0.25) is 5.02 Å². The lowest BCUT2D eigenvalue weighted by atomic mass is 9.95. The minimum Gasteiger partial charge on any atom is -0.352 e. The molecule has 2 amide bonds. The van der Waals surface area contributed by atoms with Crippen molar-refractivity contribution in [3.63, 3.8) is 0 Å². The van der Waals surface area contributed by atoms with Crippen LogP contribution in [0, 0.1) is 13.8 Å². The van der Waals surface area contributed by atoms with Gasteiger partial charge in [-0.3, -0.25) is 13.9 Å². The van der Waals surface area contributed by atoms with Crippen LogP contribution in [-0.2, 0) is 32.3 Å². The van der Waals surface area contributed by atoms with Crippen LogP contribution in [-0.4, -0.2) is 43.8 Å². The van der Waals surface area contributed by atoms with Gasteiger partial charge in [0.05, 0.1) is 21.2 Å². The molecule has 0 heterocycles. The van der Waals surface area contributed by atoms with E-state index in [0.29, 0.717) is 10.4 Å². The maximum Gasteiger partial charge on any atom is 0.417 e. The number of carbonyl (C=O) groups excluding carboxylic acids is 2. The summed E-state index contributed by atoms with van der Waals surface area (Å²) in [4.78, 5) is 28.7. The summed E-state index contributed by atoms with van der Waals surface area (Å²) in [6.07, 6.45) is -0.170. The molecule has 0 bridgehead atoms. The summed E-state index contributed by atoms with van der Waals surface area (Å²) >= 11 is 5.84. The number of alkyl halides is 3. The number of aryl methyl sites for hydroxylation is 2. The van der Waals surface area contributed by atoms with Gasteiger partial charge >= 0.3 is 6.18 Å². The smallest absolute Gasteiger partial charge is 0.352 e.